The van der Waals surface area contributed by atoms with Crippen LogP contribution >= 0.6 is 0 Å². The van der Waals surface area contributed by atoms with Gasteiger partial charge in [0.25, 0.3) is 5.91 Å². The molecular weight excluding hydrogens is 280 g/mol. The van der Waals surface area contributed by atoms with Gasteiger partial charge in [-0.3, -0.25) is 4.79 Å². The second-order valence-electron chi connectivity index (χ2n) is 4.71. The topological polar surface area (TPSA) is 62.5 Å². The average molecular weight is 295 g/mol. The molecule has 1 aromatic carbocycles. The van der Waals surface area contributed by atoms with E-state index < -0.39 is 23.6 Å². The number of carbonyl (C=O) groups is 1. The Labute approximate surface area is 120 Å². The van der Waals surface area contributed by atoms with E-state index >= 15 is 0 Å². The van der Waals surface area contributed by atoms with Crippen LogP contribution in [0.25, 0.3) is 0 Å². The van der Waals surface area contributed by atoms with E-state index in [1.165, 1.54) is 19.1 Å². The minimum absolute atomic E-state index is 0.0163. The predicted octanol–water partition coefficient (Wildman–Crippen LogP) is 2.85. The number of carbonyl (C=O) groups excluding carboxylic acids is 1. The quantitative estimate of drug-likeness (QED) is 0.911. The number of amides is 1. The third-order valence-electron chi connectivity index (χ3n) is 3.11. The summed E-state index contributed by atoms with van der Waals surface area (Å²) in [6.07, 6.45) is 0. The summed E-state index contributed by atoms with van der Waals surface area (Å²) < 4.78 is 32.5. The highest BCUT2D eigenvalue weighted by atomic mass is 19.1. The van der Waals surface area contributed by atoms with Crippen LogP contribution in [0.4, 0.5) is 8.78 Å². The van der Waals surface area contributed by atoms with Crippen LogP contribution in [0.15, 0.2) is 28.7 Å². The van der Waals surface area contributed by atoms with Crippen molar-refractivity contribution in [2.45, 2.75) is 26.5 Å². The van der Waals surface area contributed by atoms with E-state index in [4.69, 9.17) is 9.52 Å². The van der Waals surface area contributed by atoms with E-state index in [0.717, 1.165) is 12.1 Å². The number of nitrogens with one attached hydrogen (secondary N) is 1. The second kappa shape index (κ2) is 6.05. The molecule has 0 aliphatic carbocycles. The van der Waals surface area contributed by atoms with Crippen LogP contribution in [0, 0.1) is 18.6 Å². The molecule has 1 aromatic heterocycles. The summed E-state index contributed by atoms with van der Waals surface area (Å²) in [7, 11) is 0. The van der Waals surface area contributed by atoms with E-state index in [9.17, 15) is 13.6 Å². The zero-order chi connectivity index (χ0) is 15.6. The van der Waals surface area contributed by atoms with Gasteiger partial charge in [-0.25, -0.2) is 8.78 Å². The molecule has 0 saturated carbocycles. The van der Waals surface area contributed by atoms with Crippen LogP contribution in [-0.2, 0) is 6.61 Å². The Hall–Kier alpha value is -2.21. The van der Waals surface area contributed by atoms with Gasteiger partial charge >= 0.3 is 0 Å². The Balaban J connectivity index is 2.21. The summed E-state index contributed by atoms with van der Waals surface area (Å²) in [6.45, 7) is 2.79. The number of rotatable bonds is 4. The Morgan fingerprint density at radius 2 is 2.00 bits per heavy atom. The molecule has 0 spiro atoms. The summed E-state index contributed by atoms with van der Waals surface area (Å²) >= 11 is 0. The Kier molecular flexibility index (Phi) is 4.37. The number of hydrogen-bond donors (Lipinski definition) is 2. The number of aliphatic hydroxyl groups is 1. The largest absolute Gasteiger partial charge is 0.453 e. The molecule has 1 heterocycles. The smallest absolute Gasteiger partial charge is 0.287 e. The fourth-order valence-corrected chi connectivity index (χ4v) is 2.11. The molecule has 1 atom stereocenters. The Bertz CT molecular complexity index is 647. The van der Waals surface area contributed by atoms with Gasteiger partial charge in [0.05, 0.1) is 6.04 Å². The highest BCUT2D eigenvalue weighted by Gasteiger charge is 2.21. The zero-order valence-electron chi connectivity index (χ0n) is 11.6. The average Bonchev–Trinajstić information content (AvgIpc) is 2.80. The van der Waals surface area contributed by atoms with Gasteiger partial charge in [-0.2, -0.15) is 0 Å². The van der Waals surface area contributed by atoms with Crippen molar-refractivity contribution in [3.63, 3.8) is 0 Å². The first-order valence-electron chi connectivity index (χ1n) is 6.39. The van der Waals surface area contributed by atoms with Crippen molar-refractivity contribution in [3.8, 4) is 0 Å². The summed E-state index contributed by atoms with van der Waals surface area (Å²) in [5.74, 6) is -1.78. The van der Waals surface area contributed by atoms with Crippen molar-refractivity contribution in [1.82, 2.24) is 5.32 Å². The van der Waals surface area contributed by atoms with Crippen LogP contribution in [-0.4, -0.2) is 11.0 Å². The first-order chi connectivity index (χ1) is 9.93. The highest BCUT2D eigenvalue weighted by Crippen LogP contribution is 2.22. The number of benzene rings is 1. The maximum Gasteiger partial charge on any atom is 0.287 e. The number of halogens is 2. The molecule has 0 aliphatic heterocycles. The van der Waals surface area contributed by atoms with Crippen LogP contribution in [0.1, 0.15) is 40.4 Å². The van der Waals surface area contributed by atoms with E-state index in [1.807, 2.05) is 0 Å². The van der Waals surface area contributed by atoms with Crippen LogP contribution in [0.5, 0.6) is 0 Å². The molecule has 0 bridgehead atoms. The standard InChI is InChI=1S/C15H15F2NO3/c1-8-6-10(7-19)21-14(8)15(20)18-9(2)13-11(16)4-3-5-12(13)17/h3-6,9,19H,7H2,1-2H3,(H,18,20). The van der Waals surface area contributed by atoms with E-state index in [0.29, 0.717) is 5.56 Å². The summed E-state index contributed by atoms with van der Waals surface area (Å²) in [5.41, 5.74) is 0.329. The van der Waals surface area contributed by atoms with Crippen molar-refractivity contribution in [2.24, 2.45) is 0 Å². The molecule has 1 unspecified atom stereocenters. The lowest BCUT2D eigenvalue weighted by Gasteiger charge is -2.15. The first-order valence-corrected chi connectivity index (χ1v) is 6.39. The molecule has 0 aliphatic rings. The lowest BCUT2D eigenvalue weighted by molar-refractivity contribution is 0.0905. The monoisotopic (exact) mass is 295 g/mol. The van der Waals surface area contributed by atoms with Gasteiger partial charge < -0.3 is 14.8 Å². The fraction of sp³-hybridized carbons (Fsp3) is 0.267. The maximum atomic E-state index is 13.6. The third kappa shape index (κ3) is 3.11. The summed E-state index contributed by atoms with van der Waals surface area (Å²) in [6, 6.07) is 4.18. The van der Waals surface area contributed by atoms with Gasteiger partial charge in [0.15, 0.2) is 5.76 Å². The number of aliphatic hydroxyl groups excluding tert-OH is 1. The number of aryl methyl sites for hydroxylation is 1. The zero-order valence-corrected chi connectivity index (χ0v) is 11.6. The van der Waals surface area contributed by atoms with Gasteiger partial charge in [-0.1, -0.05) is 6.07 Å². The fourth-order valence-electron chi connectivity index (χ4n) is 2.11. The molecule has 2 rings (SSSR count). The normalized spacial score (nSPS) is 12.2. The van der Waals surface area contributed by atoms with Crippen LogP contribution in [0.2, 0.25) is 0 Å². The van der Waals surface area contributed by atoms with Gasteiger partial charge in [0, 0.05) is 11.1 Å². The van der Waals surface area contributed by atoms with Gasteiger partial charge in [0.2, 0.25) is 0 Å². The van der Waals surface area contributed by atoms with Gasteiger partial charge in [0.1, 0.15) is 24.0 Å². The van der Waals surface area contributed by atoms with Gasteiger partial charge in [-0.15, -0.1) is 0 Å². The number of furan rings is 1. The highest BCUT2D eigenvalue weighted by molar-refractivity contribution is 5.93. The van der Waals surface area contributed by atoms with Crippen LogP contribution in [0.3, 0.4) is 0 Å². The molecule has 0 saturated heterocycles. The second-order valence-corrected chi connectivity index (χ2v) is 4.71. The molecule has 6 heteroatoms. The number of hydrogen-bond acceptors (Lipinski definition) is 3. The lowest BCUT2D eigenvalue weighted by atomic mass is 10.1. The summed E-state index contributed by atoms with van der Waals surface area (Å²) in [5, 5.41) is 11.4. The van der Waals surface area contributed by atoms with E-state index in [1.54, 1.807) is 6.92 Å². The minimum Gasteiger partial charge on any atom is -0.453 e. The molecule has 1 amide bonds. The molecule has 21 heavy (non-hydrogen) atoms. The van der Waals surface area contributed by atoms with Crippen molar-refractivity contribution in [1.29, 1.82) is 0 Å². The summed E-state index contributed by atoms with van der Waals surface area (Å²) in [4.78, 5) is 12.1. The van der Waals surface area contributed by atoms with Crippen molar-refractivity contribution in [3.05, 3.63) is 58.5 Å². The molecule has 2 N–H and O–H groups in total. The first kappa shape index (κ1) is 15.2. The molecular formula is C15H15F2NO3. The van der Waals surface area contributed by atoms with Gasteiger partial charge in [-0.05, 0) is 32.0 Å². The molecule has 2 aromatic rings. The molecule has 0 fully saturated rings. The SMILES string of the molecule is Cc1cc(CO)oc1C(=O)NC(C)c1c(F)cccc1F. The molecule has 0 radical (unpaired) electrons. The van der Waals surface area contributed by atoms with Crippen molar-refractivity contribution < 1.29 is 23.1 Å². The predicted molar refractivity (Wildman–Crippen MR) is 71.6 cm³/mol. The van der Waals surface area contributed by atoms with E-state index in [-0.39, 0.29) is 23.7 Å². The van der Waals surface area contributed by atoms with Crippen molar-refractivity contribution >= 4 is 5.91 Å². The Morgan fingerprint density at radius 1 is 1.38 bits per heavy atom. The van der Waals surface area contributed by atoms with Crippen molar-refractivity contribution in [2.75, 3.05) is 0 Å². The molecule has 4 nitrogen and oxygen atoms in total. The van der Waals surface area contributed by atoms with E-state index in [2.05, 4.69) is 5.32 Å². The Morgan fingerprint density at radius 3 is 2.52 bits per heavy atom. The van der Waals surface area contributed by atoms with Crippen LogP contribution < -0.4 is 5.32 Å². The minimum atomic E-state index is -0.860. The molecule has 112 valence electrons. The third-order valence-corrected chi connectivity index (χ3v) is 3.11. The maximum absolute atomic E-state index is 13.6. The lowest BCUT2D eigenvalue weighted by Crippen LogP contribution is -2.28.